The van der Waals surface area contributed by atoms with Crippen molar-refractivity contribution in [3.8, 4) is 0 Å². The van der Waals surface area contributed by atoms with Crippen LogP contribution in [0.15, 0.2) is 24.3 Å². The molecule has 4 nitrogen and oxygen atoms in total. The Bertz CT molecular complexity index is 422. The molecule has 0 aromatic heterocycles. The molecule has 0 saturated heterocycles. The fourth-order valence-corrected chi connectivity index (χ4v) is 2.66. The van der Waals surface area contributed by atoms with E-state index in [2.05, 4.69) is 35.4 Å². The summed E-state index contributed by atoms with van der Waals surface area (Å²) < 4.78 is 0. The molecule has 1 unspecified atom stereocenters. The van der Waals surface area contributed by atoms with Gasteiger partial charge in [-0.1, -0.05) is 32.0 Å². The molecule has 0 radical (unpaired) electrons. The molecule has 1 aliphatic heterocycles. The molecule has 0 saturated carbocycles. The largest absolute Gasteiger partial charge is 0.373 e. The lowest BCUT2D eigenvalue weighted by molar-refractivity contribution is -0.121. The smallest absolute Gasteiger partial charge is 0.242 e. The molecule has 2 N–H and O–H groups in total. The van der Waals surface area contributed by atoms with Gasteiger partial charge in [0.25, 0.3) is 0 Å². The summed E-state index contributed by atoms with van der Waals surface area (Å²) in [4.78, 5) is 14.5. The highest BCUT2D eigenvalue weighted by Gasteiger charge is 2.25. The van der Waals surface area contributed by atoms with E-state index in [4.69, 9.17) is 0 Å². The molecule has 0 spiro atoms. The Morgan fingerprint density at radius 3 is 2.85 bits per heavy atom. The summed E-state index contributed by atoms with van der Waals surface area (Å²) in [6.07, 6.45) is 1.94. The molecule has 110 valence electrons. The zero-order valence-electron chi connectivity index (χ0n) is 12.5. The number of hydrogen-bond donors (Lipinski definition) is 2. The second-order valence-electron chi connectivity index (χ2n) is 5.28. The Labute approximate surface area is 121 Å². The molecule has 0 bridgehead atoms. The van der Waals surface area contributed by atoms with E-state index in [-0.39, 0.29) is 11.9 Å². The number of benzene rings is 1. The highest BCUT2D eigenvalue weighted by Crippen LogP contribution is 2.24. The third kappa shape index (κ3) is 3.73. The summed E-state index contributed by atoms with van der Waals surface area (Å²) >= 11 is 0. The molecule has 2 rings (SSSR count). The summed E-state index contributed by atoms with van der Waals surface area (Å²) in [5, 5.41) is 6.33. The van der Waals surface area contributed by atoms with Gasteiger partial charge in [0, 0.05) is 25.2 Å². The topological polar surface area (TPSA) is 44.4 Å². The van der Waals surface area contributed by atoms with Gasteiger partial charge in [0.15, 0.2) is 0 Å². The normalized spacial score (nSPS) is 16.9. The summed E-state index contributed by atoms with van der Waals surface area (Å²) in [5.41, 5.74) is 2.32. The zero-order valence-corrected chi connectivity index (χ0v) is 12.5. The molecule has 0 aliphatic carbocycles. The zero-order chi connectivity index (χ0) is 14.4. The van der Waals surface area contributed by atoms with E-state index < -0.39 is 0 Å². The maximum atomic E-state index is 12.1. The average Bonchev–Trinajstić information content (AvgIpc) is 2.90. The van der Waals surface area contributed by atoms with Gasteiger partial charge in [-0.3, -0.25) is 4.79 Å². The second kappa shape index (κ2) is 7.29. The lowest BCUT2D eigenvalue weighted by atomic mass is 10.1. The van der Waals surface area contributed by atoms with Gasteiger partial charge in [0.05, 0.1) is 0 Å². The number of nitrogens with one attached hydrogen (secondary N) is 2. The van der Waals surface area contributed by atoms with Crippen LogP contribution in [-0.4, -0.2) is 43.0 Å². The van der Waals surface area contributed by atoms with Gasteiger partial charge in [0.2, 0.25) is 5.91 Å². The number of carbonyl (C=O) groups excluding carboxylic acids is 1. The van der Waals surface area contributed by atoms with Crippen LogP contribution in [0.1, 0.15) is 25.8 Å². The summed E-state index contributed by atoms with van der Waals surface area (Å²) in [5.74, 6) is 0.105. The van der Waals surface area contributed by atoms with E-state index in [1.54, 1.807) is 0 Å². The molecular formula is C16H25N3O. The standard InChI is InChI=1S/C16H25N3O/c1-3-10-19(4-2)11-9-17-16(20)15-12-13-7-5-6-8-14(13)18-15/h5-8,15,18H,3-4,9-12H2,1-2H3,(H,17,20). The Balaban J connectivity index is 1.74. The minimum atomic E-state index is -0.117. The van der Waals surface area contributed by atoms with Gasteiger partial charge < -0.3 is 15.5 Å². The molecule has 4 heteroatoms. The van der Waals surface area contributed by atoms with E-state index in [9.17, 15) is 4.79 Å². The third-order valence-corrected chi connectivity index (χ3v) is 3.80. The van der Waals surface area contributed by atoms with Crippen molar-refractivity contribution in [2.24, 2.45) is 0 Å². The summed E-state index contributed by atoms with van der Waals surface area (Å²) in [6, 6.07) is 8.01. The highest BCUT2D eigenvalue weighted by atomic mass is 16.2. The quantitative estimate of drug-likeness (QED) is 0.798. The van der Waals surface area contributed by atoms with E-state index in [0.717, 1.165) is 44.7 Å². The summed E-state index contributed by atoms with van der Waals surface area (Å²) in [7, 11) is 0. The minimum absolute atomic E-state index is 0.105. The van der Waals surface area contributed by atoms with Crippen LogP contribution >= 0.6 is 0 Å². The van der Waals surface area contributed by atoms with Crippen LogP contribution in [0.2, 0.25) is 0 Å². The number of nitrogens with zero attached hydrogens (tertiary/aromatic N) is 1. The fourth-order valence-electron chi connectivity index (χ4n) is 2.66. The maximum Gasteiger partial charge on any atom is 0.242 e. The number of fused-ring (bicyclic) bond motifs is 1. The number of hydrogen-bond acceptors (Lipinski definition) is 3. The molecule has 20 heavy (non-hydrogen) atoms. The first kappa shape index (κ1) is 14.9. The first-order valence-electron chi connectivity index (χ1n) is 7.59. The van der Waals surface area contributed by atoms with Crippen LogP contribution in [-0.2, 0) is 11.2 Å². The number of likely N-dealkylation sites (N-methyl/N-ethyl adjacent to an activating group) is 1. The monoisotopic (exact) mass is 275 g/mol. The van der Waals surface area contributed by atoms with Gasteiger partial charge in [-0.2, -0.15) is 0 Å². The lowest BCUT2D eigenvalue weighted by Crippen LogP contribution is -2.42. The molecule has 1 heterocycles. The Morgan fingerprint density at radius 2 is 2.15 bits per heavy atom. The molecule has 1 aliphatic rings. The number of para-hydroxylation sites is 1. The van der Waals surface area contributed by atoms with E-state index in [1.165, 1.54) is 5.56 Å². The minimum Gasteiger partial charge on any atom is -0.373 e. The van der Waals surface area contributed by atoms with Crippen LogP contribution in [0.4, 0.5) is 5.69 Å². The predicted octanol–water partition coefficient (Wildman–Crippen LogP) is 1.87. The van der Waals surface area contributed by atoms with Crippen LogP contribution in [0.5, 0.6) is 0 Å². The molecule has 1 amide bonds. The fraction of sp³-hybridized carbons (Fsp3) is 0.562. The van der Waals surface area contributed by atoms with Crippen molar-refractivity contribution in [2.75, 3.05) is 31.5 Å². The molecule has 1 atom stereocenters. The van der Waals surface area contributed by atoms with E-state index in [0.29, 0.717) is 0 Å². The van der Waals surface area contributed by atoms with Crippen molar-refractivity contribution in [1.82, 2.24) is 10.2 Å². The highest BCUT2D eigenvalue weighted by molar-refractivity contribution is 5.87. The lowest BCUT2D eigenvalue weighted by Gasteiger charge is -2.20. The number of amides is 1. The third-order valence-electron chi connectivity index (χ3n) is 3.80. The second-order valence-corrected chi connectivity index (χ2v) is 5.28. The molecule has 1 aromatic rings. The van der Waals surface area contributed by atoms with Crippen molar-refractivity contribution in [2.45, 2.75) is 32.7 Å². The van der Waals surface area contributed by atoms with E-state index in [1.807, 2.05) is 18.2 Å². The van der Waals surface area contributed by atoms with Crippen molar-refractivity contribution in [3.05, 3.63) is 29.8 Å². The molecular weight excluding hydrogens is 250 g/mol. The van der Waals surface area contributed by atoms with Gasteiger partial charge in [-0.05, 0) is 31.1 Å². The Kier molecular flexibility index (Phi) is 5.41. The number of rotatable bonds is 7. The van der Waals surface area contributed by atoms with Crippen LogP contribution in [0, 0.1) is 0 Å². The Morgan fingerprint density at radius 1 is 1.35 bits per heavy atom. The average molecular weight is 275 g/mol. The number of carbonyl (C=O) groups is 1. The van der Waals surface area contributed by atoms with Gasteiger partial charge in [-0.25, -0.2) is 0 Å². The predicted molar refractivity (Wildman–Crippen MR) is 83.0 cm³/mol. The maximum absolute atomic E-state index is 12.1. The molecule has 0 fully saturated rings. The van der Waals surface area contributed by atoms with Gasteiger partial charge in [0.1, 0.15) is 6.04 Å². The van der Waals surface area contributed by atoms with Crippen LogP contribution in [0.25, 0.3) is 0 Å². The number of anilines is 1. The van der Waals surface area contributed by atoms with Crippen LogP contribution < -0.4 is 10.6 Å². The van der Waals surface area contributed by atoms with Crippen molar-refractivity contribution in [1.29, 1.82) is 0 Å². The first-order valence-corrected chi connectivity index (χ1v) is 7.59. The SMILES string of the molecule is CCCN(CC)CCNC(=O)C1Cc2ccccc2N1. The summed E-state index contributed by atoms with van der Waals surface area (Å²) in [6.45, 7) is 8.13. The first-order chi connectivity index (χ1) is 9.74. The van der Waals surface area contributed by atoms with Crippen molar-refractivity contribution >= 4 is 11.6 Å². The van der Waals surface area contributed by atoms with Crippen molar-refractivity contribution < 1.29 is 4.79 Å². The van der Waals surface area contributed by atoms with Crippen LogP contribution in [0.3, 0.4) is 0 Å². The van der Waals surface area contributed by atoms with Gasteiger partial charge in [-0.15, -0.1) is 0 Å². The molecule has 1 aromatic carbocycles. The van der Waals surface area contributed by atoms with Crippen molar-refractivity contribution in [3.63, 3.8) is 0 Å². The van der Waals surface area contributed by atoms with Gasteiger partial charge >= 0.3 is 0 Å². The van der Waals surface area contributed by atoms with E-state index >= 15 is 0 Å². The Hall–Kier alpha value is -1.55.